The number of carbonyl (C=O) groups excluding carboxylic acids is 1. The molecule has 104 valence electrons. The molecule has 2 rings (SSSR count). The van der Waals surface area contributed by atoms with E-state index in [9.17, 15) is 4.79 Å². The lowest BCUT2D eigenvalue weighted by molar-refractivity contribution is 0.0967. The Hall–Kier alpha value is -0.710. The number of halogens is 1. The van der Waals surface area contributed by atoms with Crippen molar-refractivity contribution in [2.24, 2.45) is 5.92 Å². The van der Waals surface area contributed by atoms with Crippen molar-refractivity contribution in [3.05, 3.63) is 34.3 Å². The van der Waals surface area contributed by atoms with E-state index in [1.54, 1.807) is 0 Å². The van der Waals surface area contributed by atoms with Crippen LogP contribution in [0.4, 0.5) is 0 Å². The van der Waals surface area contributed by atoms with Crippen molar-refractivity contribution in [2.75, 3.05) is 26.2 Å². The molecule has 4 heteroatoms. The molecule has 1 aliphatic heterocycles. The Labute approximate surface area is 122 Å². The maximum Gasteiger partial charge on any atom is 0.165 e. The predicted octanol–water partition coefficient (Wildman–Crippen LogP) is 2.73. The Bertz CT molecular complexity index is 436. The largest absolute Gasteiger partial charge is 0.396 e. The maximum atomic E-state index is 12.1. The first-order valence-electron chi connectivity index (χ1n) is 6.81. The lowest BCUT2D eigenvalue weighted by Crippen LogP contribution is -2.24. The Kier molecular flexibility index (Phi) is 5.55. The molecule has 0 spiro atoms. The Morgan fingerprint density at radius 2 is 2.21 bits per heavy atom. The minimum Gasteiger partial charge on any atom is -0.396 e. The third-order valence-corrected chi connectivity index (χ3v) is 4.43. The summed E-state index contributed by atoms with van der Waals surface area (Å²) < 4.78 is 0.875. The van der Waals surface area contributed by atoms with E-state index in [2.05, 4.69) is 20.8 Å². The van der Waals surface area contributed by atoms with Crippen molar-refractivity contribution in [2.45, 2.75) is 19.3 Å². The average molecular weight is 326 g/mol. The number of aliphatic hydroxyl groups is 1. The molecule has 1 fully saturated rings. The van der Waals surface area contributed by atoms with Crippen LogP contribution in [0.2, 0.25) is 0 Å². The van der Waals surface area contributed by atoms with Crippen LogP contribution in [0.3, 0.4) is 0 Å². The summed E-state index contributed by atoms with van der Waals surface area (Å²) in [7, 11) is 0. The number of aliphatic hydroxyl groups excluding tert-OH is 1. The van der Waals surface area contributed by atoms with Crippen molar-refractivity contribution in [3.63, 3.8) is 0 Å². The summed E-state index contributed by atoms with van der Waals surface area (Å²) in [5, 5.41) is 8.93. The fourth-order valence-corrected chi connectivity index (χ4v) is 3.12. The number of hydrogen-bond donors (Lipinski definition) is 1. The van der Waals surface area contributed by atoms with E-state index in [4.69, 9.17) is 5.11 Å². The summed E-state index contributed by atoms with van der Waals surface area (Å²) in [6.07, 6.45) is 2.59. The van der Waals surface area contributed by atoms with Crippen molar-refractivity contribution in [1.29, 1.82) is 0 Å². The third kappa shape index (κ3) is 4.13. The van der Waals surface area contributed by atoms with Gasteiger partial charge in [-0.05, 0) is 31.4 Å². The second kappa shape index (κ2) is 7.17. The zero-order valence-corrected chi connectivity index (χ0v) is 12.6. The smallest absolute Gasteiger partial charge is 0.165 e. The van der Waals surface area contributed by atoms with Gasteiger partial charge < -0.3 is 10.0 Å². The van der Waals surface area contributed by atoms with Crippen LogP contribution in [-0.4, -0.2) is 42.0 Å². The highest BCUT2D eigenvalue weighted by Crippen LogP contribution is 2.21. The molecule has 0 aromatic heterocycles. The number of hydrogen-bond acceptors (Lipinski definition) is 3. The lowest BCUT2D eigenvalue weighted by Gasteiger charge is -2.15. The van der Waals surface area contributed by atoms with Crippen LogP contribution in [0.15, 0.2) is 28.7 Å². The fraction of sp³-hybridized carbons (Fsp3) is 0.533. The van der Waals surface area contributed by atoms with Crippen LogP contribution in [0.25, 0.3) is 0 Å². The third-order valence-electron chi connectivity index (χ3n) is 3.74. The first-order valence-corrected chi connectivity index (χ1v) is 7.61. The molecule has 1 N–H and O–H groups in total. The van der Waals surface area contributed by atoms with Crippen LogP contribution >= 0.6 is 15.9 Å². The van der Waals surface area contributed by atoms with Crippen molar-refractivity contribution >= 4 is 21.7 Å². The molecular formula is C15H20BrNO2. The van der Waals surface area contributed by atoms with Gasteiger partial charge in [0.25, 0.3) is 0 Å². The van der Waals surface area contributed by atoms with Gasteiger partial charge in [-0.2, -0.15) is 0 Å². The second-order valence-corrected chi connectivity index (χ2v) is 5.97. The summed E-state index contributed by atoms with van der Waals surface area (Å²) >= 11 is 3.42. The highest BCUT2D eigenvalue weighted by Gasteiger charge is 2.22. The predicted molar refractivity (Wildman–Crippen MR) is 79.3 cm³/mol. The molecule has 19 heavy (non-hydrogen) atoms. The molecule has 0 bridgehead atoms. The molecule has 1 atom stereocenters. The number of nitrogens with zero attached hydrogens (tertiary/aromatic N) is 1. The number of benzene rings is 1. The Balaban J connectivity index is 1.80. The lowest BCUT2D eigenvalue weighted by atomic mass is 10.1. The van der Waals surface area contributed by atoms with Crippen LogP contribution in [0.5, 0.6) is 0 Å². The summed E-state index contributed by atoms with van der Waals surface area (Å²) in [5.74, 6) is 0.793. The first-order chi connectivity index (χ1) is 9.20. The van der Waals surface area contributed by atoms with E-state index in [1.807, 2.05) is 24.3 Å². The van der Waals surface area contributed by atoms with Gasteiger partial charge in [0, 0.05) is 36.2 Å². The summed E-state index contributed by atoms with van der Waals surface area (Å²) in [6.45, 7) is 3.16. The van der Waals surface area contributed by atoms with Gasteiger partial charge in [-0.1, -0.05) is 34.1 Å². The quantitative estimate of drug-likeness (QED) is 0.817. The molecule has 3 nitrogen and oxygen atoms in total. The van der Waals surface area contributed by atoms with Crippen molar-refractivity contribution in [1.82, 2.24) is 4.90 Å². The van der Waals surface area contributed by atoms with Gasteiger partial charge >= 0.3 is 0 Å². The minimum absolute atomic E-state index is 0.193. The zero-order chi connectivity index (χ0) is 13.7. The number of rotatable bonds is 6. The standard InChI is InChI=1S/C15H20BrNO2/c16-14-4-2-1-3-13(14)15(19)6-9-17-8-5-12(11-17)7-10-18/h1-4,12,18H,5-11H2. The highest BCUT2D eigenvalue weighted by molar-refractivity contribution is 9.10. The van der Waals surface area contributed by atoms with E-state index in [0.29, 0.717) is 12.3 Å². The Morgan fingerprint density at radius 1 is 1.42 bits per heavy atom. The summed E-state index contributed by atoms with van der Waals surface area (Å²) in [6, 6.07) is 7.58. The van der Waals surface area contributed by atoms with Crippen LogP contribution in [0, 0.1) is 5.92 Å². The zero-order valence-electron chi connectivity index (χ0n) is 11.0. The van der Waals surface area contributed by atoms with Gasteiger partial charge in [0.1, 0.15) is 0 Å². The van der Waals surface area contributed by atoms with Gasteiger partial charge in [0.15, 0.2) is 5.78 Å². The number of ketones is 1. The molecule has 1 aliphatic rings. The van der Waals surface area contributed by atoms with E-state index >= 15 is 0 Å². The van der Waals surface area contributed by atoms with E-state index < -0.39 is 0 Å². The molecule has 0 radical (unpaired) electrons. The average Bonchev–Trinajstić information content (AvgIpc) is 2.85. The molecule has 1 saturated heterocycles. The minimum atomic E-state index is 0.193. The Morgan fingerprint density at radius 3 is 2.95 bits per heavy atom. The maximum absolute atomic E-state index is 12.1. The van der Waals surface area contributed by atoms with Crippen molar-refractivity contribution < 1.29 is 9.90 Å². The molecule has 1 aromatic rings. The van der Waals surface area contributed by atoms with Crippen LogP contribution < -0.4 is 0 Å². The topological polar surface area (TPSA) is 40.5 Å². The highest BCUT2D eigenvalue weighted by atomic mass is 79.9. The summed E-state index contributed by atoms with van der Waals surface area (Å²) in [4.78, 5) is 14.5. The molecule has 1 aromatic carbocycles. The monoisotopic (exact) mass is 325 g/mol. The molecular weight excluding hydrogens is 306 g/mol. The van der Waals surface area contributed by atoms with Gasteiger partial charge in [-0.3, -0.25) is 4.79 Å². The van der Waals surface area contributed by atoms with E-state index in [0.717, 1.165) is 42.5 Å². The number of carbonyl (C=O) groups is 1. The first kappa shape index (κ1) is 14.7. The van der Waals surface area contributed by atoms with Gasteiger partial charge in [-0.25, -0.2) is 0 Å². The normalized spacial score (nSPS) is 19.8. The molecule has 0 amide bonds. The molecule has 1 unspecified atom stereocenters. The fourth-order valence-electron chi connectivity index (χ4n) is 2.62. The van der Waals surface area contributed by atoms with E-state index in [-0.39, 0.29) is 12.4 Å². The molecule has 0 aliphatic carbocycles. The van der Waals surface area contributed by atoms with Gasteiger partial charge in [0.05, 0.1) is 0 Å². The summed E-state index contributed by atoms with van der Waals surface area (Å²) in [5.41, 5.74) is 0.772. The SMILES string of the molecule is O=C(CCN1CCC(CCO)C1)c1ccccc1Br. The molecule has 0 saturated carbocycles. The van der Waals surface area contributed by atoms with Gasteiger partial charge in [0.2, 0.25) is 0 Å². The van der Waals surface area contributed by atoms with Crippen LogP contribution in [0.1, 0.15) is 29.6 Å². The van der Waals surface area contributed by atoms with E-state index in [1.165, 1.54) is 0 Å². The van der Waals surface area contributed by atoms with Gasteiger partial charge in [-0.15, -0.1) is 0 Å². The number of likely N-dealkylation sites (tertiary alicyclic amines) is 1. The second-order valence-electron chi connectivity index (χ2n) is 5.12. The van der Waals surface area contributed by atoms with Crippen LogP contribution in [-0.2, 0) is 0 Å². The van der Waals surface area contributed by atoms with Crippen molar-refractivity contribution in [3.8, 4) is 0 Å². The number of Topliss-reactive ketones (excluding diaryl/α,β-unsaturated/α-hetero) is 1. The molecule has 1 heterocycles.